The Bertz CT molecular complexity index is 1340. The van der Waals surface area contributed by atoms with Crippen molar-refractivity contribution in [3.8, 4) is 0 Å². The molecule has 1 fully saturated rings. The van der Waals surface area contributed by atoms with E-state index >= 15 is 0 Å². The van der Waals surface area contributed by atoms with Gasteiger partial charge in [0.2, 0.25) is 0 Å². The summed E-state index contributed by atoms with van der Waals surface area (Å²) in [6.07, 6.45) is 7.71. The number of benzene rings is 3. The van der Waals surface area contributed by atoms with Crippen LogP contribution in [0.4, 0.5) is 0 Å². The minimum atomic E-state index is -0.645. The normalized spacial score (nSPS) is 23.2. The third-order valence-corrected chi connectivity index (χ3v) is 8.26. The number of halogens is 1. The first-order valence-corrected chi connectivity index (χ1v) is 14.5. The average Bonchev–Trinajstić information content (AvgIpc) is 2.93. The van der Waals surface area contributed by atoms with Crippen molar-refractivity contribution in [3.05, 3.63) is 128 Å². The summed E-state index contributed by atoms with van der Waals surface area (Å²) >= 11 is 2.21. The van der Waals surface area contributed by atoms with Crippen LogP contribution in [0.15, 0.2) is 97.1 Å². The van der Waals surface area contributed by atoms with E-state index in [2.05, 4.69) is 54.6 Å². The number of rotatable bonds is 7. The lowest BCUT2D eigenvalue weighted by Crippen LogP contribution is -2.50. The van der Waals surface area contributed by atoms with Crippen LogP contribution in [0.2, 0.25) is 0 Å². The van der Waals surface area contributed by atoms with Gasteiger partial charge in [0.1, 0.15) is 12.2 Å². The molecule has 0 radical (unpaired) electrons. The zero-order valence-corrected chi connectivity index (χ0v) is 25.0. The quantitative estimate of drug-likeness (QED) is 0.149. The predicted octanol–water partition coefficient (Wildman–Crippen LogP) is 8.23. The first-order valence-electron chi connectivity index (χ1n) is 13.4. The highest BCUT2D eigenvalue weighted by molar-refractivity contribution is 14.1. The van der Waals surface area contributed by atoms with E-state index < -0.39 is 24.1 Å². The van der Waals surface area contributed by atoms with E-state index in [0.717, 1.165) is 26.7 Å². The second-order valence-electron chi connectivity index (χ2n) is 10.2. The molecule has 0 amide bonds. The molecule has 3 unspecified atom stereocenters. The summed E-state index contributed by atoms with van der Waals surface area (Å²) in [5.74, 6) is -0.929. The molecule has 1 aliphatic carbocycles. The number of aryl methyl sites for hydroxylation is 2. The highest BCUT2D eigenvalue weighted by atomic mass is 127. The van der Waals surface area contributed by atoms with Crippen molar-refractivity contribution in [1.82, 2.24) is 0 Å². The van der Waals surface area contributed by atoms with Crippen molar-refractivity contribution >= 4 is 34.5 Å². The van der Waals surface area contributed by atoms with Crippen LogP contribution < -0.4 is 0 Å². The molecule has 0 spiro atoms. The highest BCUT2D eigenvalue weighted by Crippen LogP contribution is 2.44. The summed E-state index contributed by atoms with van der Waals surface area (Å²) in [5, 5.41) is 0. The van der Waals surface area contributed by atoms with Crippen molar-refractivity contribution in [2.24, 2.45) is 11.8 Å². The van der Waals surface area contributed by atoms with E-state index in [1.54, 1.807) is 24.3 Å². The summed E-state index contributed by atoms with van der Waals surface area (Å²) in [5.41, 5.74) is 4.24. The largest absolute Gasteiger partial charge is 0.454 e. The van der Waals surface area contributed by atoms with Crippen molar-refractivity contribution < 1.29 is 19.1 Å². The second kappa shape index (κ2) is 13.2. The third kappa shape index (κ3) is 7.07. The van der Waals surface area contributed by atoms with Gasteiger partial charge in [0.25, 0.3) is 0 Å². The molecule has 1 aliphatic rings. The Labute approximate surface area is 245 Å². The molecule has 0 aromatic heterocycles. The summed E-state index contributed by atoms with van der Waals surface area (Å²) in [6, 6.07) is 22.8. The second-order valence-corrected chi connectivity index (χ2v) is 11.5. The predicted molar refractivity (Wildman–Crippen MR) is 164 cm³/mol. The Hall–Kier alpha value is -3.19. The standard InChI is InChI=1S/C34H35IO4/c1-5-6-7-11-27-21-30(29-12-9-8-10-23(29)3)32(39-34(37)26-17-19-28(35)20-18-26)31(24(27)4)38-33(36)25-15-13-22(2)14-16-25/h5-20,24,27,30-32H,21H2,1-4H3/b6-5-,11-7-/t24-,27-,30?,31?,32?/m0/s1. The van der Waals surface area contributed by atoms with Crippen LogP contribution in [0, 0.1) is 29.3 Å². The maximum absolute atomic E-state index is 13.4. The maximum atomic E-state index is 13.4. The number of carbonyl (C=O) groups excluding carboxylic acids is 2. The zero-order valence-electron chi connectivity index (χ0n) is 22.8. The lowest BCUT2D eigenvalue weighted by Gasteiger charge is -2.44. The number of allylic oxidation sites excluding steroid dienone is 4. The van der Waals surface area contributed by atoms with Gasteiger partial charge < -0.3 is 9.47 Å². The van der Waals surface area contributed by atoms with Gasteiger partial charge in [-0.05, 0) is 103 Å². The number of hydrogen-bond acceptors (Lipinski definition) is 4. The van der Waals surface area contributed by atoms with Crippen molar-refractivity contribution in [1.29, 1.82) is 0 Å². The van der Waals surface area contributed by atoms with E-state index in [-0.39, 0.29) is 17.8 Å². The Kier molecular flexibility index (Phi) is 9.78. The molecule has 3 aromatic carbocycles. The molecule has 0 N–H and O–H groups in total. The van der Waals surface area contributed by atoms with Gasteiger partial charge in [-0.2, -0.15) is 0 Å². The minimum absolute atomic E-state index is 0.0734. The monoisotopic (exact) mass is 634 g/mol. The van der Waals surface area contributed by atoms with Crippen molar-refractivity contribution in [2.75, 3.05) is 0 Å². The lowest BCUT2D eigenvalue weighted by molar-refractivity contribution is -0.0888. The number of ether oxygens (including phenoxy) is 2. The Morgan fingerprint density at radius 3 is 2.03 bits per heavy atom. The van der Waals surface area contributed by atoms with Crippen LogP contribution in [-0.2, 0) is 9.47 Å². The minimum Gasteiger partial charge on any atom is -0.454 e. The molecule has 202 valence electrons. The molecule has 0 aliphatic heterocycles. The van der Waals surface area contributed by atoms with Crippen LogP contribution in [0.3, 0.4) is 0 Å². The first kappa shape index (κ1) is 28.8. The average molecular weight is 635 g/mol. The van der Waals surface area contributed by atoms with Gasteiger partial charge in [0.05, 0.1) is 11.1 Å². The number of esters is 2. The zero-order chi connectivity index (χ0) is 27.9. The molecule has 5 atom stereocenters. The SMILES string of the molecule is C/C=C\C=C/[C@H]1CC(c2ccccc2C)C(OC(=O)c2ccc(I)cc2)C(OC(=O)c2ccc(C)cc2)[C@H]1C. The highest BCUT2D eigenvalue weighted by Gasteiger charge is 2.47. The van der Waals surface area contributed by atoms with Gasteiger partial charge >= 0.3 is 11.9 Å². The topological polar surface area (TPSA) is 52.6 Å². The summed E-state index contributed by atoms with van der Waals surface area (Å²) < 4.78 is 13.6. The smallest absolute Gasteiger partial charge is 0.338 e. The molecule has 4 rings (SSSR count). The fraction of sp³-hybridized carbons (Fsp3) is 0.294. The van der Waals surface area contributed by atoms with Crippen LogP contribution in [0.25, 0.3) is 0 Å². The van der Waals surface area contributed by atoms with Crippen molar-refractivity contribution in [3.63, 3.8) is 0 Å². The van der Waals surface area contributed by atoms with E-state index in [0.29, 0.717) is 11.1 Å². The summed E-state index contributed by atoms with van der Waals surface area (Å²) in [4.78, 5) is 26.8. The van der Waals surface area contributed by atoms with Gasteiger partial charge in [-0.15, -0.1) is 0 Å². The van der Waals surface area contributed by atoms with Crippen LogP contribution >= 0.6 is 22.6 Å². The molecule has 39 heavy (non-hydrogen) atoms. The van der Waals surface area contributed by atoms with E-state index in [4.69, 9.17) is 9.47 Å². The molecule has 1 saturated carbocycles. The van der Waals surface area contributed by atoms with E-state index in [1.807, 2.05) is 68.5 Å². The Morgan fingerprint density at radius 2 is 1.41 bits per heavy atom. The van der Waals surface area contributed by atoms with Gasteiger partial charge in [-0.25, -0.2) is 9.59 Å². The van der Waals surface area contributed by atoms with E-state index in [1.165, 1.54) is 0 Å². The van der Waals surface area contributed by atoms with Crippen LogP contribution in [0.1, 0.15) is 63.6 Å². The Balaban J connectivity index is 1.75. The fourth-order valence-corrected chi connectivity index (χ4v) is 5.63. The lowest BCUT2D eigenvalue weighted by atomic mass is 9.68. The molecule has 0 saturated heterocycles. The first-order chi connectivity index (χ1) is 18.8. The summed E-state index contributed by atoms with van der Waals surface area (Å²) in [6.45, 7) is 8.12. The van der Waals surface area contributed by atoms with Gasteiger partial charge in [-0.1, -0.05) is 73.2 Å². The molecule has 5 heteroatoms. The summed E-state index contributed by atoms with van der Waals surface area (Å²) in [7, 11) is 0. The van der Waals surface area contributed by atoms with Gasteiger partial charge in [0, 0.05) is 15.4 Å². The molecule has 0 heterocycles. The number of carbonyl (C=O) groups is 2. The molecule has 4 nitrogen and oxygen atoms in total. The Morgan fingerprint density at radius 1 is 0.821 bits per heavy atom. The van der Waals surface area contributed by atoms with Gasteiger partial charge in [0.15, 0.2) is 0 Å². The number of hydrogen-bond donors (Lipinski definition) is 0. The maximum Gasteiger partial charge on any atom is 0.338 e. The molecular weight excluding hydrogens is 599 g/mol. The fourth-order valence-electron chi connectivity index (χ4n) is 5.27. The molecule has 0 bridgehead atoms. The van der Waals surface area contributed by atoms with Crippen molar-refractivity contribution in [2.45, 2.75) is 52.2 Å². The van der Waals surface area contributed by atoms with Crippen LogP contribution in [0.5, 0.6) is 0 Å². The molecule has 3 aromatic rings. The van der Waals surface area contributed by atoms with Crippen LogP contribution in [-0.4, -0.2) is 24.1 Å². The molecular formula is C34H35IO4. The van der Waals surface area contributed by atoms with Gasteiger partial charge in [-0.3, -0.25) is 0 Å². The third-order valence-electron chi connectivity index (χ3n) is 7.54. The van der Waals surface area contributed by atoms with E-state index in [9.17, 15) is 9.59 Å².